The molecule has 1 saturated carbocycles. The zero-order valence-corrected chi connectivity index (χ0v) is 12.0. The van der Waals surface area contributed by atoms with Crippen molar-refractivity contribution in [3.05, 3.63) is 34.4 Å². The molecule has 1 aromatic rings. The Labute approximate surface area is 118 Å². The van der Waals surface area contributed by atoms with Gasteiger partial charge < -0.3 is 5.73 Å². The standard InChI is InChI=1S/C13H18N2O4S/c1-9-2-7-12(14)13(8-9)20(18,19)11-5-3-10(4-6-11)15(16)17/h3-6,9,12-13H,2,7-8,14H2,1H3. The normalized spacial score (nSPS) is 27.2. The molecular weight excluding hydrogens is 280 g/mol. The van der Waals surface area contributed by atoms with E-state index >= 15 is 0 Å². The van der Waals surface area contributed by atoms with Crippen molar-refractivity contribution in [1.82, 2.24) is 0 Å². The van der Waals surface area contributed by atoms with E-state index in [4.69, 9.17) is 5.73 Å². The molecule has 0 radical (unpaired) electrons. The number of non-ortho nitro benzene ring substituents is 1. The third-order valence-electron chi connectivity index (χ3n) is 3.88. The third kappa shape index (κ3) is 2.83. The molecule has 0 aromatic heterocycles. The van der Waals surface area contributed by atoms with Crippen molar-refractivity contribution in [2.45, 2.75) is 42.4 Å². The van der Waals surface area contributed by atoms with Gasteiger partial charge in [-0.3, -0.25) is 10.1 Å². The lowest BCUT2D eigenvalue weighted by Gasteiger charge is -2.32. The average molecular weight is 298 g/mol. The predicted octanol–water partition coefficient (Wildman–Crippen LogP) is 1.88. The van der Waals surface area contributed by atoms with Crippen LogP contribution >= 0.6 is 0 Å². The molecule has 0 aliphatic heterocycles. The second-order valence-electron chi connectivity index (χ2n) is 5.42. The zero-order chi connectivity index (χ0) is 14.9. The Morgan fingerprint density at radius 2 is 1.85 bits per heavy atom. The maximum atomic E-state index is 12.6. The number of hydrogen-bond donors (Lipinski definition) is 1. The molecule has 2 N–H and O–H groups in total. The first-order valence-electron chi connectivity index (χ1n) is 6.56. The smallest absolute Gasteiger partial charge is 0.269 e. The van der Waals surface area contributed by atoms with Gasteiger partial charge in [-0.25, -0.2) is 8.42 Å². The van der Waals surface area contributed by atoms with E-state index in [9.17, 15) is 18.5 Å². The number of nitrogens with zero attached hydrogens (tertiary/aromatic N) is 1. The lowest BCUT2D eigenvalue weighted by molar-refractivity contribution is -0.384. The Kier molecular flexibility index (Phi) is 4.10. The van der Waals surface area contributed by atoms with Crippen molar-refractivity contribution in [3.63, 3.8) is 0 Å². The number of rotatable bonds is 3. The molecule has 1 fully saturated rings. The van der Waals surface area contributed by atoms with Gasteiger partial charge >= 0.3 is 0 Å². The molecule has 7 heteroatoms. The van der Waals surface area contributed by atoms with Gasteiger partial charge in [0.15, 0.2) is 9.84 Å². The quantitative estimate of drug-likeness (QED) is 0.678. The molecule has 0 saturated heterocycles. The van der Waals surface area contributed by atoms with Crippen molar-refractivity contribution in [2.24, 2.45) is 11.7 Å². The van der Waals surface area contributed by atoms with E-state index in [1.807, 2.05) is 6.92 Å². The van der Waals surface area contributed by atoms with Crippen LogP contribution in [0.2, 0.25) is 0 Å². The lowest BCUT2D eigenvalue weighted by atomic mass is 9.87. The van der Waals surface area contributed by atoms with Crippen LogP contribution in [-0.4, -0.2) is 24.6 Å². The fourth-order valence-electron chi connectivity index (χ4n) is 2.64. The summed E-state index contributed by atoms with van der Waals surface area (Å²) in [6.07, 6.45) is 2.17. The zero-order valence-electron chi connectivity index (χ0n) is 11.2. The van der Waals surface area contributed by atoms with Crippen LogP contribution in [0.1, 0.15) is 26.2 Å². The van der Waals surface area contributed by atoms with E-state index in [2.05, 4.69) is 0 Å². The Hall–Kier alpha value is -1.47. The summed E-state index contributed by atoms with van der Waals surface area (Å²) in [5.74, 6) is 0.327. The largest absolute Gasteiger partial charge is 0.327 e. The Bertz CT molecular complexity index is 597. The first-order chi connectivity index (χ1) is 9.32. The Balaban J connectivity index is 2.31. The van der Waals surface area contributed by atoms with Crippen molar-refractivity contribution < 1.29 is 13.3 Å². The number of nitro groups is 1. The van der Waals surface area contributed by atoms with E-state index in [0.29, 0.717) is 18.8 Å². The molecule has 20 heavy (non-hydrogen) atoms. The number of nitro benzene ring substituents is 1. The summed E-state index contributed by atoms with van der Waals surface area (Å²) in [4.78, 5) is 10.2. The monoisotopic (exact) mass is 298 g/mol. The molecule has 3 unspecified atom stereocenters. The van der Waals surface area contributed by atoms with Crippen LogP contribution in [0.15, 0.2) is 29.2 Å². The van der Waals surface area contributed by atoms with Gasteiger partial charge in [-0.15, -0.1) is 0 Å². The number of hydrogen-bond acceptors (Lipinski definition) is 5. The minimum absolute atomic E-state index is 0.109. The highest BCUT2D eigenvalue weighted by Gasteiger charge is 2.37. The summed E-state index contributed by atoms with van der Waals surface area (Å²) in [5, 5.41) is 9.99. The Morgan fingerprint density at radius 1 is 1.25 bits per heavy atom. The molecule has 1 aliphatic rings. The number of sulfone groups is 1. The maximum Gasteiger partial charge on any atom is 0.269 e. The topological polar surface area (TPSA) is 103 Å². The van der Waals surface area contributed by atoms with Crippen molar-refractivity contribution in [3.8, 4) is 0 Å². The fourth-order valence-corrected chi connectivity index (χ4v) is 4.68. The highest BCUT2D eigenvalue weighted by Crippen LogP contribution is 2.31. The molecule has 0 amide bonds. The summed E-state index contributed by atoms with van der Waals surface area (Å²) in [5.41, 5.74) is 5.84. The predicted molar refractivity (Wildman–Crippen MR) is 75.1 cm³/mol. The van der Waals surface area contributed by atoms with Gasteiger partial charge in [-0.1, -0.05) is 6.92 Å². The van der Waals surface area contributed by atoms with Gasteiger partial charge in [-0.2, -0.15) is 0 Å². The molecule has 0 spiro atoms. The minimum Gasteiger partial charge on any atom is -0.327 e. The summed E-state index contributed by atoms with van der Waals surface area (Å²) in [6.45, 7) is 2.02. The summed E-state index contributed by atoms with van der Waals surface area (Å²) in [7, 11) is -3.53. The van der Waals surface area contributed by atoms with Crippen molar-refractivity contribution in [2.75, 3.05) is 0 Å². The Morgan fingerprint density at radius 3 is 2.40 bits per heavy atom. The third-order valence-corrected chi connectivity index (χ3v) is 6.15. The SMILES string of the molecule is CC1CCC(N)C(S(=O)(=O)c2ccc([N+](=O)[O-])cc2)C1. The van der Waals surface area contributed by atoms with Crippen LogP contribution in [0.4, 0.5) is 5.69 Å². The van der Waals surface area contributed by atoms with E-state index < -0.39 is 20.0 Å². The maximum absolute atomic E-state index is 12.6. The second kappa shape index (κ2) is 5.49. The number of benzene rings is 1. The summed E-state index contributed by atoms with van der Waals surface area (Å²) in [6, 6.07) is 4.64. The molecule has 0 bridgehead atoms. The second-order valence-corrected chi connectivity index (χ2v) is 7.58. The highest BCUT2D eigenvalue weighted by molar-refractivity contribution is 7.92. The molecule has 6 nitrogen and oxygen atoms in total. The molecule has 0 heterocycles. The van der Waals surface area contributed by atoms with Crippen LogP contribution in [0, 0.1) is 16.0 Å². The van der Waals surface area contributed by atoms with E-state index in [1.165, 1.54) is 24.3 Å². The van der Waals surface area contributed by atoms with Gasteiger partial charge in [0.05, 0.1) is 15.1 Å². The van der Waals surface area contributed by atoms with Crippen LogP contribution in [0.5, 0.6) is 0 Å². The molecule has 3 atom stereocenters. The minimum atomic E-state index is -3.53. The molecule has 2 rings (SSSR count). The van der Waals surface area contributed by atoms with Gasteiger partial charge in [0.2, 0.25) is 0 Å². The highest BCUT2D eigenvalue weighted by atomic mass is 32.2. The van der Waals surface area contributed by atoms with Crippen LogP contribution in [-0.2, 0) is 9.84 Å². The van der Waals surface area contributed by atoms with Crippen LogP contribution in [0.3, 0.4) is 0 Å². The summed E-state index contributed by atoms with van der Waals surface area (Å²) >= 11 is 0. The molecule has 1 aromatic carbocycles. The van der Waals surface area contributed by atoms with Gasteiger partial charge in [-0.05, 0) is 37.3 Å². The first kappa shape index (κ1) is 14.9. The fraction of sp³-hybridized carbons (Fsp3) is 0.538. The van der Waals surface area contributed by atoms with Gasteiger partial charge in [0.25, 0.3) is 5.69 Å². The summed E-state index contributed by atoms with van der Waals surface area (Å²) < 4.78 is 25.1. The van der Waals surface area contributed by atoms with E-state index in [0.717, 1.165) is 6.42 Å². The molecular formula is C13H18N2O4S. The molecule has 1 aliphatic carbocycles. The average Bonchev–Trinajstić information content (AvgIpc) is 2.41. The van der Waals surface area contributed by atoms with Crippen LogP contribution < -0.4 is 5.73 Å². The van der Waals surface area contributed by atoms with E-state index in [-0.39, 0.29) is 16.6 Å². The molecule has 110 valence electrons. The van der Waals surface area contributed by atoms with E-state index in [1.54, 1.807) is 0 Å². The van der Waals surface area contributed by atoms with Crippen LogP contribution in [0.25, 0.3) is 0 Å². The van der Waals surface area contributed by atoms with Gasteiger partial charge in [0.1, 0.15) is 0 Å². The lowest BCUT2D eigenvalue weighted by Crippen LogP contribution is -2.44. The van der Waals surface area contributed by atoms with Gasteiger partial charge in [0, 0.05) is 18.2 Å². The number of nitrogens with two attached hydrogens (primary N) is 1. The van der Waals surface area contributed by atoms with Crippen molar-refractivity contribution >= 4 is 15.5 Å². The van der Waals surface area contributed by atoms with Crippen molar-refractivity contribution in [1.29, 1.82) is 0 Å². The first-order valence-corrected chi connectivity index (χ1v) is 8.11.